The van der Waals surface area contributed by atoms with E-state index in [-0.39, 0.29) is 26.4 Å². The lowest BCUT2D eigenvalue weighted by molar-refractivity contribution is -0.220. The van der Waals surface area contributed by atoms with E-state index in [1.807, 2.05) is 60.7 Å². The van der Waals surface area contributed by atoms with Crippen molar-refractivity contribution in [1.29, 1.82) is 0 Å². The molecule has 0 N–H and O–H groups in total. The zero-order chi connectivity index (χ0) is 19.8. The van der Waals surface area contributed by atoms with Gasteiger partial charge in [0.05, 0.1) is 19.8 Å². The quantitative estimate of drug-likeness (QED) is 0.649. The van der Waals surface area contributed by atoms with E-state index in [0.717, 1.165) is 11.1 Å². The lowest BCUT2D eigenvalue weighted by Crippen LogP contribution is -2.55. The second-order valence-corrected chi connectivity index (χ2v) is 6.71. The minimum atomic E-state index is -1.34. The number of alkyl halides is 1. The molecule has 1 fully saturated rings. The summed E-state index contributed by atoms with van der Waals surface area (Å²) in [6.07, 6.45) is -3.45. The first-order chi connectivity index (χ1) is 13.6. The first-order valence-electron chi connectivity index (χ1n) is 9.33. The van der Waals surface area contributed by atoms with E-state index < -0.39 is 30.5 Å². The van der Waals surface area contributed by atoms with Gasteiger partial charge in [-0.2, -0.15) is 0 Å². The Morgan fingerprint density at radius 2 is 1.50 bits per heavy atom. The molecular formula is C22H25FO5. The van der Waals surface area contributed by atoms with Crippen LogP contribution in [0.4, 0.5) is 4.39 Å². The van der Waals surface area contributed by atoms with Gasteiger partial charge in [0.1, 0.15) is 24.9 Å². The highest BCUT2D eigenvalue weighted by molar-refractivity contribution is 5.65. The van der Waals surface area contributed by atoms with Gasteiger partial charge in [-0.15, -0.1) is 0 Å². The average molecular weight is 388 g/mol. The van der Waals surface area contributed by atoms with E-state index >= 15 is 0 Å². The van der Waals surface area contributed by atoms with Crippen molar-refractivity contribution in [2.45, 2.75) is 44.6 Å². The first-order valence-corrected chi connectivity index (χ1v) is 9.33. The molecule has 1 aliphatic heterocycles. The van der Waals surface area contributed by atoms with Crippen molar-refractivity contribution in [3.63, 3.8) is 0 Å². The van der Waals surface area contributed by atoms with Gasteiger partial charge in [-0.05, 0) is 11.1 Å². The van der Waals surface area contributed by atoms with Crippen LogP contribution in [0.5, 0.6) is 0 Å². The van der Waals surface area contributed by atoms with Crippen LogP contribution in [0.2, 0.25) is 0 Å². The van der Waals surface area contributed by atoms with Crippen LogP contribution in [0, 0.1) is 0 Å². The van der Waals surface area contributed by atoms with Crippen molar-refractivity contribution >= 4 is 5.97 Å². The maximum absolute atomic E-state index is 14.7. The highest BCUT2D eigenvalue weighted by Gasteiger charge is 2.43. The minimum Gasteiger partial charge on any atom is -0.463 e. The van der Waals surface area contributed by atoms with Crippen LogP contribution < -0.4 is 0 Å². The molecule has 0 bridgehead atoms. The molecule has 0 unspecified atom stereocenters. The van der Waals surface area contributed by atoms with E-state index in [4.69, 9.17) is 18.9 Å². The van der Waals surface area contributed by atoms with Gasteiger partial charge in [0.2, 0.25) is 0 Å². The van der Waals surface area contributed by atoms with E-state index in [9.17, 15) is 9.18 Å². The Kier molecular flexibility index (Phi) is 7.54. The molecule has 1 heterocycles. The van der Waals surface area contributed by atoms with Crippen LogP contribution in [0.1, 0.15) is 18.1 Å². The highest BCUT2D eigenvalue weighted by atomic mass is 19.1. The van der Waals surface area contributed by atoms with Crippen molar-refractivity contribution in [3.8, 4) is 0 Å². The third kappa shape index (κ3) is 5.86. The Hall–Kier alpha value is -2.28. The number of carbonyl (C=O) groups excluding carboxylic acids is 1. The monoisotopic (exact) mass is 388 g/mol. The molecule has 0 aromatic heterocycles. The fourth-order valence-electron chi connectivity index (χ4n) is 3.10. The molecule has 0 amide bonds. The summed E-state index contributed by atoms with van der Waals surface area (Å²) in [5, 5.41) is 0. The molecule has 3 rings (SSSR count). The first kappa shape index (κ1) is 20.5. The second kappa shape index (κ2) is 10.3. The largest absolute Gasteiger partial charge is 0.463 e. The molecule has 1 saturated heterocycles. The summed E-state index contributed by atoms with van der Waals surface area (Å²) >= 11 is 0. The summed E-state index contributed by atoms with van der Waals surface area (Å²) in [6, 6.07) is 19.2. The maximum atomic E-state index is 14.7. The van der Waals surface area contributed by atoms with Crippen LogP contribution in [0.15, 0.2) is 60.7 Å². The topological polar surface area (TPSA) is 54.0 Å². The average Bonchev–Trinajstić information content (AvgIpc) is 2.72. The van der Waals surface area contributed by atoms with Crippen LogP contribution in [-0.4, -0.2) is 43.7 Å². The van der Waals surface area contributed by atoms with Crippen molar-refractivity contribution in [3.05, 3.63) is 71.8 Å². The number of ether oxygens (including phenoxy) is 4. The van der Waals surface area contributed by atoms with E-state index in [2.05, 4.69) is 0 Å². The van der Waals surface area contributed by atoms with Gasteiger partial charge in [-0.1, -0.05) is 60.7 Å². The Morgan fingerprint density at radius 1 is 0.964 bits per heavy atom. The molecule has 2 aromatic rings. The van der Waals surface area contributed by atoms with Crippen molar-refractivity contribution in [2.75, 3.05) is 13.2 Å². The van der Waals surface area contributed by atoms with Gasteiger partial charge in [-0.3, -0.25) is 4.79 Å². The van der Waals surface area contributed by atoms with Gasteiger partial charge >= 0.3 is 5.97 Å². The molecule has 5 nitrogen and oxygen atoms in total. The highest BCUT2D eigenvalue weighted by Crippen LogP contribution is 2.26. The maximum Gasteiger partial charge on any atom is 0.302 e. The molecule has 2 aromatic carbocycles. The van der Waals surface area contributed by atoms with Crippen LogP contribution in [0.25, 0.3) is 0 Å². The van der Waals surface area contributed by atoms with Crippen molar-refractivity contribution < 1.29 is 28.1 Å². The third-order valence-corrected chi connectivity index (χ3v) is 4.54. The fourth-order valence-corrected chi connectivity index (χ4v) is 3.10. The molecule has 0 aliphatic carbocycles. The number of hydrogen-bond acceptors (Lipinski definition) is 5. The Balaban J connectivity index is 1.70. The zero-order valence-corrected chi connectivity index (χ0v) is 15.8. The Bertz CT molecular complexity index is 724. The predicted octanol–water partition coefficient (Wildman–Crippen LogP) is 3.46. The SMILES string of the molecule is CC(=O)OC[C@H]1OC[C@H](F)[C@@H](OCc2ccccc2)[C@@H]1OCc1ccccc1. The summed E-state index contributed by atoms with van der Waals surface area (Å²) < 4.78 is 37.2. The lowest BCUT2D eigenvalue weighted by atomic mass is 10.0. The molecular weight excluding hydrogens is 363 g/mol. The van der Waals surface area contributed by atoms with Crippen LogP contribution >= 0.6 is 0 Å². The number of benzene rings is 2. The summed E-state index contributed by atoms with van der Waals surface area (Å²) in [4.78, 5) is 11.2. The summed E-state index contributed by atoms with van der Waals surface area (Å²) in [6.45, 7) is 1.73. The molecule has 150 valence electrons. The number of esters is 1. The Labute approximate surface area is 164 Å². The Morgan fingerprint density at radius 3 is 2.04 bits per heavy atom. The standard InChI is InChI=1S/C22H25FO5/c1-16(24)25-15-20-22(28-13-18-10-6-3-7-11-18)21(19(23)14-26-20)27-12-17-8-4-2-5-9-17/h2-11,19-22H,12-15H2,1H3/t19-,20+,21+,22+/m0/s1. The fraction of sp³-hybridized carbons (Fsp3) is 0.409. The lowest BCUT2D eigenvalue weighted by Gasteiger charge is -2.39. The molecule has 0 radical (unpaired) electrons. The number of carbonyl (C=O) groups is 1. The molecule has 0 saturated carbocycles. The minimum absolute atomic E-state index is 0.00724. The number of halogens is 1. The van der Waals surface area contributed by atoms with Gasteiger partial charge in [0, 0.05) is 6.92 Å². The molecule has 0 spiro atoms. The van der Waals surface area contributed by atoms with Gasteiger partial charge in [0.15, 0.2) is 6.17 Å². The van der Waals surface area contributed by atoms with Gasteiger partial charge < -0.3 is 18.9 Å². The normalized spacial score (nSPS) is 24.6. The second-order valence-electron chi connectivity index (χ2n) is 6.71. The van der Waals surface area contributed by atoms with E-state index in [1.165, 1.54) is 6.92 Å². The smallest absolute Gasteiger partial charge is 0.302 e. The summed E-state index contributed by atoms with van der Waals surface area (Å²) in [5.41, 5.74) is 1.90. The molecule has 6 heteroatoms. The van der Waals surface area contributed by atoms with Crippen LogP contribution in [-0.2, 0) is 37.0 Å². The molecule has 4 atom stereocenters. The zero-order valence-electron chi connectivity index (χ0n) is 15.8. The van der Waals surface area contributed by atoms with Crippen molar-refractivity contribution in [2.24, 2.45) is 0 Å². The summed E-state index contributed by atoms with van der Waals surface area (Å²) in [5.74, 6) is -0.422. The summed E-state index contributed by atoms with van der Waals surface area (Å²) in [7, 11) is 0. The molecule has 1 aliphatic rings. The third-order valence-electron chi connectivity index (χ3n) is 4.54. The van der Waals surface area contributed by atoms with Crippen molar-refractivity contribution in [1.82, 2.24) is 0 Å². The van der Waals surface area contributed by atoms with Gasteiger partial charge in [0.25, 0.3) is 0 Å². The molecule has 28 heavy (non-hydrogen) atoms. The van der Waals surface area contributed by atoms with Gasteiger partial charge in [-0.25, -0.2) is 4.39 Å². The van der Waals surface area contributed by atoms with E-state index in [1.54, 1.807) is 0 Å². The number of rotatable bonds is 8. The van der Waals surface area contributed by atoms with Crippen LogP contribution in [0.3, 0.4) is 0 Å². The number of hydrogen-bond donors (Lipinski definition) is 0. The van der Waals surface area contributed by atoms with E-state index in [0.29, 0.717) is 0 Å². The predicted molar refractivity (Wildman–Crippen MR) is 101 cm³/mol.